The molecule has 3 aromatic rings. The molecule has 1 N–H and O–H groups in total. The minimum atomic E-state index is -4.44. The molecular weight excluding hydrogens is 383 g/mol. The van der Waals surface area contributed by atoms with Gasteiger partial charge in [0.1, 0.15) is 0 Å². The smallest absolute Gasteiger partial charge is 0.416 e. The van der Waals surface area contributed by atoms with Crippen molar-refractivity contribution in [3.05, 3.63) is 70.6 Å². The summed E-state index contributed by atoms with van der Waals surface area (Å²) in [5.74, 6) is 0.0804. The number of benzene rings is 2. The molecule has 0 radical (unpaired) electrons. The Balaban J connectivity index is 1.56. The summed E-state index contributed by atoms with van der Waals surface area (Å²) in [4.78, 5) is 12.0. The van der Waals surface area contributed by atoms with Gasteiger partial charge in [0.2, 0.25) is 11.8 Å². The molecule has 0 aliphatic heterocycles. The molecule has 1 heterocycles. The molecule has 0 saturated heterocycles. The van der Waals surface area contributed by atoms with E-state index < -0.39 is 17.6 Å². The van der Waals surface area contributed by atoms with Gasteiger partial charge in [-0.1, -0.05) is 23.7 Å². The fourth-order valence-electron chi connectivity index (χ4n) is 2.29. The molecular formula is C18H13ClF3N3O2. The Morgan fingerprint density at radius 1 is 1.07 bits per heavy atom. The maximum Gasteiger partial charge on any atom is 0.416 e. The number of rotatable bonds is 5. The highest BCUT2D eigenvalue weighted by Crippen LogP contribution is 2.29. The zero-order valence-electron chi connectivity index (χ0n) is 13.8. The van der Waals surface area contributed by atoms with Gasteiger partial charge >= 0.3 is 6.18 Å². The van der Waals surface area contributed by atoms with E-state index in [0.717, 1.165) is 24.3 Å². The molecule has 0 bridgehead atoms. The van der Waals surface area contributed by atoms with E-state index in [-0.39, 0.29) is 24.4 Å². The van der Waals surface area contributed by atoms with Crippen molar-refractivity contribution in [2.75, 3.05) is 6.54 Å². The Kier molecular flexibility index (Phi) is 5.46. The van der Waals surface area contributed by atoms with Crippen molar-refractivity contribution in [1.29, 1.82) is 0 Å². The van der Waals surface area contributed by atoms with Gasteiger partial charge in [-0.25, -0.2) is 0 Å². The standard InChI is InChI=1S/C18H13ClF3N3O2/c19-14-4-2-1-3-13(14)17-25-24-15(27-17)9-10-23-16(26)11-5-7-12(8-6-11)18(20,21)22/h1-8H,9-10H2,(H,23,26). The van der Waals surface area contributed by atoms with Crippen LogP contribution in [0.25, 0.3) is 11.5 Å². The molecule has 0 spiro atoms. The predicted octanol–water partition coefficient (Wildman–Crippen LogP) is 4.38. The van der Waals surface area contributed by atoms with Crippen LogP contribution >= 0.6 is 11.6 Å². The first-order chi connectivity index (χ1) is 12.8. The van der Waals surface area contributed by atoms with Gasteiger partial charge in [-0.3, -0.25) is 4.79 Å². The molecule has 2 aromatic carbocycles. The number of amides is 1. The van der Waals surface area contributed by atoms with Crippen LogP contribution in [0.3, 0.4) is 0 Å². The Labute approximate surface area is 157 Å². The zero-order chi connectivity index (χ0) is 19.4. The maximum atomic E-state index is 12.5. The summed E-state index contributed by atoms with van der Waals surface area (Å²) in [6.45, 7) is 0.185. The van der Waals surface area contributed by atoms with Gasteiger partial charge in [0.05, 0.1) is 16.1 Å². The van der Waals surface area contributed by atoms with Crippen molar-refractivity contribution in [3.63, 3.8) is 0 Å². The second-order valence-corrected chi connectivity index (χ2v) is 5.97. The van der Waals surface area contributed by atoms with E-state index in [0.29, 0.717) is 16.5 Å². The molecule has 0 aliphatic rings. The van der Waals surface area contributed by atoms with E-state index in [1.54, 1.807) is 24.3 Å². The van der Waals surface area contributed by atoms with Crippen LogP contribution in [0.15, 0.2) is 52.9 Å². The summed E-state index contributed by atoms with van der Waals surface area (Å²) in [5, 5.41) is 10.9. The first-order valence-electron chi connectivity index (χ1n) is 7.87. The quantitative estimate of drug-likeness (QED) is 0.696. The van der Waals surface area contributed by atoms with Gasteiger partial charge in [-0.05, 0) is 36.4 Å². The molecule has 0 atom stereocenters. The Morgan fingerprint density at radius 2 is 1.78 bits per heavy atom. The second kappa shape index (κ2) is 7.79. The average molecular weight is 396 g/mol. The van der Waals surface area contributed by atoms with Crippen molar-refractivity contribution in [2.45, 2.75) is 12.6 Å². The summed E-state index contributed by atoms with van der Waals surface area (Å²) in [6.07, 6.45) is -4.17. The largest absolute Gasteiger partial charge is 0.421 e. The highest BCUT2D eigenvalue weighted by molar-refractivity contribution is 6.33. The van der Waals surface area contributed by atoms with Gasteiger partial charge < -0.3 is 9.73 Å². The number of carbonyl (C=O) groups is 1. The fourth-order valence-corrected chi connectivity index (χ4v) is 2.51. The molecule has 1 aromatic heterocycles. The molecule has 27 heavy (non-hydrogen) atoms. The van der Waals surface area contributed by atoms with Crippen LogP contribution in [0.1, 0.15) is 21.8 Å². The lowest BCUT2D eigenvalue weighted by Crippen LogP contribution is -2.25. The van der Waals surface area contributed by atoms with Crippen LogP contribution in [0.5, 0.6) is 0 Å². The molecule has 9 heteroatoms. The average Bonchev–Trinajstić information content (AvgIpc) is 3.10. The van der Waals surface area contributed by atoms with Crippen molar-refractivity contribution < 1.29 is 22.4 Å². The van der Waals surface area contributed by atoms with E-state index in [1.165, 1.54) is 0 Å². The molecule has 140 valence electrons. The zero-order valence-corrected chi connectivity index (χ0v) is 14.5. The van der Waals surface area contributed by atoms with Gasteiger partial charge in [-0.15, -0.1) is 10.2 Å². The molecule has 0 unspecified atom stereocenters. The SMILES string of the molecule is O=C(NCCc1nnc(-c2ccccc2Cl)o1)c1ccc(C(F)(F)F)cc1. The van der Waals surface area contributed by atoms with Crippen molar-refractivity contribution >= 4 is 17.5 Å². The van der Waals surface area contributed by atoms with Crippen LogP contribution in [-0.2, 0) is 12.6 Å². The third kappa shape index (κ3) is 4.65. The second-order valence-electron chi connectivity index (χ2n) is 5.56. The van der Waals surface area contributed by atoms with E-state index in [9.17, 15) is 18.0 Å². The number of hydrogen-bond acceptors (Lipinski definition) is 4. The highest BCUT2D eigenvalue weighted by Gasteiger charge is 2.30. The van der Waals surface area contributed by atoms with Crippen molar-refractivity contribution in [2.24, 2.45) is 0 Å². The number of alkyl halides is 3. The fraction of sp³-hybridized carbons (Fsp3) is 0.167. The summed E-state index contributed by atoms with van der Waals surface area (Å²) < 4.78 is 43.1. The molecule has 3 rings (SSSR count). The predicted molar refractivity (Wildman–Crippen MR) is 92.2 cm³/mol. The lowest BCUT2D eigenvalue weighted by molar-refractivity contribution is -0.137. The van der Waals surface area contributed by atoms with Crippen LogP contribution in [0.2, 0.25) is 5.02 Å². The number of nitrogens with zero attached hydrogens (tertiary/aromatic N) is 2. The van der Waals surface area contributed by atoms with E-state index in [4.69, 9.17) is 16.0 Å². The van der Waals surface area contributed by atoms with E-state index >= 15 is 0 Å². The normalized spacial score (nSPS) is 11.4. The lowest BCUT2D eigenvalue weighted by Gasteiger charge is -2.07. The van der Waals surface area contributed by atoms with Gasteiger partial charge in [0.15, 0.2) is 0 Å². The molecule has 1 amide bonds. The maximum absolute atomic E-state index is 12.5. The van der Waals surface area contributed by atoms with Crippen molar-refractivity contribution in [1.82, 2.24) is 15.5 Å². The Bertz CT molecular complexity index is 940. The van der Waals surface area contributed by atoms with Crippen LogP contribution in [0.4, 0.5) is 13.2 Å². The lowest BCUT2D eigenvalue weighted by atomic mass is 10.1. The summed E-state index contributed by atoms with van der Waals surface area (Å²) in [5.41, 5.74) is -0.0750. The first-order valence-corrected chi connectivity index (χ1v) is 8.25. The van der Waals surface area contributed by atoms with Crippen LogP contribution < -0.4 is 5.32 Å². The van der Waals surface area contributed by atoms with Gasteiger partial charge in [-0.2, -0.15) is 13.2 Å². The first kappa shape index (κ1) is 18.9. The van der Waals surface area contributed by atoms with Crippen LogP contribution in [0, 0.1) is 0 Å². The Morgan fingerprint density at radius 3 is 2.44 bits per heavy atom. The molecule has 0 fully saturated rings. The topological polar surface area (TPSA) is 68.0 Å². The number of aromatic nitrogens is 2. The van der Waals surface area contributed by atoms with E-state index in [2.05, 4.69) is 15.5 Å². The molecule has 5 nitrogen and oxygen atoms in total. The summed E-state index contributed by atoms with van der Waals surface area (Å²) in [7, 11) is 0. The number of halogens is 4. The van der Waals surface area contributed by atoms with Gasteiger partial charge in [0.25, 0.3) is 5.91 Å². The number of carbonyl (C=O) groups excluding carboxylic acids is 1. The molecule has 0 aliphatic carbocycles. The third-order valence-electron chi connectivity index (χ3n) is 3.67. The van der Waals surface area contributed by atoms with Crippen molar-refractivity contribution in [3.8, 4) is 11.5 Å². The summed E-state index contributed by atoms with van der Waals surface area (Å²) in [6, 6.07) is 11.0. The van der Waals surface area contributed by atoms with E-state index in [1.807, 2.05) is 0 Å². The summed E-state index contributed by atoms with van der Waals surface area (Å²) >= 11 is 6.07. The minimum Gasteiger partial charge on any atom is -0.421 e. The number of hydrogen-bond donors (Lipinski definition) is 1. The van der Waals surface area contributed by atoms with Crippen LogP contribution in [-0.4, -0.2) is 22.6 Å². The molecule has 0 saturated carbocycles. The number of nitrogens with one attached hydrogen (secondary N) is 1. The van der Waals surface area contributed by atoms with Gasteiger partial charge in [0, 0.05) is 18.5 Å². The monoisotopic (exact) mass is 395 g/mol. The third-order valence-corrected chi connectivity index (χ3v) is 4.00. The minimum absolute atomic E-state index is 0.130. The highest BCUT2D eigenvalue weighted by atomic mass is 35.5. The Hall–Kier alpha value is -2.87.